The van der Waals surface area contributed by atoms with E-state index in [2.05, 4.69) is 158 Å². The lowest BCUT2D eigenvalue weighted by atomic mass is 9.95. The van der Waals surface area contributed by atoms with Gasteiger partial charge in [0.25, 0.3) is 0 Å². The van der Waals surface area contributed by atoms with Gasteiger partial charge in [0, 0.05) is 42.2 Å². The third-order valence-corrected chi connectivity index (χ3v) is 11.7. The second-order valence-corrected chi connectivity index (χ2v) is 14.6. The summed E-state index contributed by atoms with van der Waals surface area (Å²) in [6.07, 6.45) is 0. The van der Waals surface area contributed by atoms with Gasteiger partial charge in [0.15, 0.2) is 17.5 Å². The first kappa shape index (κ1) is 29.9. The van der Waals surface area contributed by atoms with Crippen molar-refractivity contribution in [3.63, 3.8) is 0 Å². The zero-order valence-corrected chi connectivity index (χ0v) is 29.3. The fourth-order valence-corrected chi connectivity index (χ4v) is 9.38. The Labute approximate surface area is 309 Å². The summed E-state index contributed by atoms with van der Waals surface area (Å²) in [5.74, 6) is 1.97. The van der Waals surface area contributed by atoms with Crippen LogP contribution in [0.3, 0.4) is 0 Å². The Balaban J connectivity index is 1.18. The van der Waals surface area contributed by atoms with E-state index in [9.17, 15) is 0 Å². The summed E-state index contributed by atoms with van der Waals surface area (Å²) in [6.45, 7) is 0. The molecule has 53 heavy (non-hydrogen) atoms. The highest BCUT2D eigenvalue weighted by Gasteiger charge is 2.21. The van der Waals surface area contributed by atoms with E-state index in [0.717, 1.165) is 22.3 Å². The van der Waals surface area contributed by atoms with Gasteiger partial charge < -0.3 is 0 Å². The molecule has 0 N–H and O–H groups in total. The molecule has 0 aliphatic carbocycles. The van der Waals surface area contributed by atoms with Crippen LogP contribution in [0.4, 0.5) is 0 Å². The van der Waals surface area contributed by atoms with Gasteiger partial charge in [0.2, 0.25) is 0 Å². The molecule has 4 heteroatoms. The summed E-state index contributed by atoms with van der Waals surface area (Å²) in [6, 6.07) is 62.6. The maximum absolute atomic E-state index is 5.30. The van der Waals surface area contributed by atoms with Crippen LogP contribution in [0.25, 0.3) is 109 Å². The first-order chi connectivity index (χ1) is 26.3. The van der Waals surface area contributed by atoms with E-state index in [4.69, 9.17) is 15.0 Å². The molecular formula is C49H29N3S. The molecule has 0 aliphatic rings. The molecular weight excluding hydrogens is 663 g/mol. The molecule has 0 aliphatic heterocycles. The monoisotopic (exact) mass is 691 g/mol. The highest BCUT2D eigenvalue weighted by molar-refractivity contribution is 7.27. The minimum atomic E-state index is 0.648. The smallest absolute Gasteiger partial charge is 0.164 e. The molecule has 9 aromatic carbocycles. The average Bonchev–Trinajstić information content (AvgIpc) is 3.63. The molecule has 246 valence electrons. The maximum atomic E-state index is 5.30. The normalized spacial score (nSPS) is 11.8. The highest BCUT2D eigenvalue weighted by Crippen LogP contribution is 2.47. The van der Waals surface area contributed by atoms with Gasteiger partial charge in [-0.15, -0.1) is 11.3 Å². The molecule has 11 rings (SSSR count). The molecule has 2 aromatic heterocycles. The standard InChI is InChI=1S/C49H29N3S/c1-2-14-34(15-3-1)47-50-48(35-24-21-33(22-25-35)38-20-10-16-30-11-4-7-17-37(30)38)52-49(51-47)42-29-36-26-23-31-12-5-8-18-39(31)43(36)46-44(42)41-28-27-32-13-6-9-19-40(32)45(41)53-46/h1-29H. The largest absolute Gasteiger partial charge is 0.208 e. The number of fused-ring (bicyclic) bond motifs is 10. The van der Waals surface area contributed by atoms with Crippen molar-refractivity contribution in [2.45, 2.75) is 0 Å². The van der Waals surface area contributed by atoms with E-state index in [1.165, 1.54) is 68.8 Å². The number of hydrogen-bond donors (Lipinski definition) is 0. The van der Waals surface area contributed by atoms with Crippen LogP contribution in [0.15, 0.2) is 176 Å². The van der Waals surface area contributed by atoms with E-state index in [-0.39, 0.29) is 0 Å². The van der Waals surface area contributed by atoms with E-state index in [0.29, 0.717) is 17.5 Å². The Bertz CT molecular complexity index is 3210. The zero-order valence-electron chi connectivity index (χ0n) is 28.5. The molecule has 0 saturated carbocycles. The molecule has 0 bridgehead atoms. The summed E-state index contributed by atoms with van der Waals surface area (Å²) in [4.78, 5) is 15.7. The van der Waals surface area contributed by atoms with Crippen molar-refractivity contribution in [3.05, 3.63) is 176 Å². The van der Waals surface area contributed by atoms with Gasteiger partial charge >= 0.3 is 0 Å². The van der Waals surface area contributed by atoms with E-state index < -0.39 is 0 Å². The van der Waals surface area contributed by atoms with Gasteiger partial charge in [-0.05, 0) is 54.9 Å². The number of hydrogen-bond acceptors (Lipinski definition) is 4. The van der Waals surface area contributed by atoms with Gasteiger partial charge in [0.1, 0.15) is 0 Å². The minimum absolute atomic E-state index is 0.648. The number of rotatable bonds is 4. The van der Waals surface area contributed by atoms with Gasteiger partial charge in [-0.3, -0.25) is 0 Å². The van der Waals surface area contributed by atoms with E-state index in [1.54, 1.807) is 0 Å². The van der Waals surface area contributed by atoms with Crippen molar-refractivity contribution >= 4 is 74.6 Å². The van der Waals surface area contributed by atoms with Crippen molar-refractivity contribution in [3.8, 4) is 45.3 Å². The molecule has 2 heterocycles. The van der Waals surface area contributed by atoms with Crippen molar-refractivity contribution < 1.29 is 0 Å². The Hall–Kier alpha value is -6.75. The summed E-state index contributed by atoms with van der Waals surface area (Å²) < 4.78 is 2.53. The molecule has 0 spiro atoms. The topological polar surface area (TPSA) is 38.7 Å². The summed E-state index contributed by atoms with van der Waals surface area (Å²) in [5.41, 5.74) is 5.27. The Morgan fingerprint density at radius 3 is 1.62 bits per heavy atom. The molecule has 0 fully saturated rings. The maximum Gasteiger partial charge on any atom is 0.164 e. The SMILES string of the molecule is c1ccc(-c2nc(-c3ccc(-c4cccc5ccccc45)cc3)nc(-c3cc4ccc5ccccc5c4c4sc5c6ccccc6ccc5c34)n2)cc1. The lowest BCUT2D eigenvalue weighted by Gasteiger charge is -2.13. The average molecular weight is 692 g/mol. The van der Waals surface area contributed by atoms with Crippen LogP contribution in [0.5, 0.6) is 0 Å². The molecule has 3 nitrogen and oxygen atoms in total. The highest BCUT2D eigenvalue weighted by atomic mass is 32.1. The summed E-state index contributed by atoms with van der Waals surface area (Å²) in [5, 5.41) is 12.3. The Morgan fingerprint density at radius 1 is 0.302 bits per heavy atom. The number of thiophene rings is 1. The fourth-order valence-electron chi connectivity index (χ4n) is 7.95. The molecule has 0 saturated heterocycles. The lowest BCUT2D eigenvalue weighted by Crippen LogP contribution is -2.00. The predicted octanol–water partition coefficient (Wildman–Crippen LogP) is 13.5. The molecule has 11 aromatic rings. The fraction of sp³-hybridized carbons (Fsp3) is 0. The Kier molecular flexibility index (Phi) is 6.73. The van der Waals surface area contributed by atoms with Crippen LogP contribution in [0.1, 0.15) is 0 Å². The lowest BCUT2D eigenvalue weighted by molar-refractivity contribution is 1.08. The number of aromatic nitrogens is 3. The third-order valence-electron chi connectivity index (χ3n) is 10.5. The minimum Gasteiger partial charge on any atom is -0.208 e. The van der Waals surface area contributed by atoms with Crippen LogP contribution in [0, 0.1) is 0 Å². The van der Waals surface area contributed by atoms with Crippen molar-refractivity contribution in [1.82, 2.24) is 15.0 Å². The summed E-state index contributed by atoms with van der Waals surface area (Å²) in [7, 11) is 0. The Morgan fingerprint density at radius 2 is 0.849 bits per heavy atom. The second kappa shape index (κ2) is 11.9. The number of nitrogens with zero attached hydrogens (tertiary/aromatic N) is 3. The van der Waals surface area contributed by atoms with Crippen molar-refractivity contribution in [2.75, 3.05) is 0 Å². The molecule has 0 atom stereocenters. The van der Waals surface area contributed by atoms with Crippen LogP contribution in [-0.2, 0) is 0 Å². The second-order valence-electron chi connectivity index (χ2n) is 13.6. The van der Waals surface area contributed by atoms with Crippen LogP contribution in [-0.4, -0.2) is 15.0 Å². The van der Waals surface area contributed by atoms with E-state index in [1.807, 2.05) is 29.5 Å². The number of benzene rings is 9. The predicted molar refractivity (Wildman–Crippen MR) is 224 cm³/mol. The van der Waals surface area contributed by atoms with Crippen LogP contribution < -0.4 is 0 Å². The molecule has 0 amide bonds. The third kappa shape index (κ3) is 4.84. The molecule has 0 radical (unpaired) electrons. The van der Waals surface area contributed by atoms with Gasteiger partial charge in [-0.2, -0.15) is 0 Å². The van der Waals surface area contributed by atoms with Gasteiger partial charge in [-0.25, -0.2) is 15.0 Å². The first-order valence-electron chi connectivity index (χ1n) is 17.9. The molecule has 0 unspecified atom stereocenters. The quantitative estimate of drug-likeness (QED) is 0.172. The van der Waals surface area contributed by atoms with Crippen LogP contribution >= 0.6 is 11.3 Å². The zero-order chi connectivity index (χ0) is 34.9. The van der Waals surface area contributed by atoms with Crippen molar-refractivity contribution in [1.29, 1.82) is 0 Å². The van der Waals surface area contributed by atoms with E-state index >= 15 is 0 Å². The van der Waals surface area contributed by atoms with Crippen LogP contribution in [0.2, 0.25) is 0 Å². The van der Waals surface area contributed by atoms with Crippen molar-refractivity contribution in [2.24, 2.45) is 0 Å². The summed E-state index contributed by atoms with van der Waals surface area (Å²) >= 11 is 1.87. The van der Waals surface area contributed by atoms with Gasteiger partial charge in [-0.1, -0.05) is 170 Å². The first-order valence-corrected chi connectivity index (χ1v) is 18.7. The van der Waals surface area contributed by atoms with Gasteiger partial charge in [0.05, 0.1) is 0 Å².